The van der Waals surface area contributed by atoms with Crippen LogP contribution in [0.1, 0.15) is 40.0 Å². The Labute approximate surface area is 183 Å². The highest BCUT2D eigenvalue weighted by Crippen LogP contribution is 2.33. The Morgan fingerprint density at radius 3 is 2.87 bits per heavy atom. The first kappa shape index (κ1) is 22.4. The van der Waals surface area contributed by atoms with Gasteiger partial charge in [-0.3, -0.25) is 9.36 Å². The van der Waals surface area contributed by atoms with Crippen molar-refractivity contribution in [3.05, 3.63) is 36.9 Å². The second-order valence-corrected chi connectivity index (χ2v) is 9.36. The van der Waals surface area contributed by atoms with Gasteiger partial charge in [-0.15, -0.1) is 16.8 Å². The SMILES string of the molecule is C=CCn1c(S[C@@H](C)C(=O)N[C@@H]2CCC[C@@H](C)[C@@H]2C)nnc1-c1ccccc1OC. The summed E-state index contributed by atoms with van der Waals surface area (Å²) in [5, 5.41) is 12.5. The van der Waals surface area contributed by atoms with Crippen LogP contribution in [-0.2, 0) is 11.3 Å². The molecule has 3 rings (SSSR count). The van der Waals surface area contributed by atoms with Gasteiger partial charge in [-0.25, -0.2) is 0 Å². The van der Waals surface area contributed by atoms with Crippen LogP contribution >= 0.6 is 11.8 Å². The van der Waals surface area contributed by atoms with Crippen molar-refractivity contribution in [3.63, 3.8) is 0 Å². The monoisotopic (exact) mass is 428 g/mol. The third kappa shape index (κ3) is 4.89. The number of carbonyl (C=O) groups is 1. The van der Waals surface area contributed by atoms with Gasteiger partial charge in [-0.1, -0.05) is 56.7 Å². The van der Waals surface area contributed by atoms with E-state index in [0.29, 0.717) is 29.4 Å². The van der Waals surface area contributed by atoms with Crippen LogP contribution in [0, 0.1) is 11.8 Å². The number of nitrogens with one attached hydrogen (secondary N) is 1. The predicted molar refractivity (Wildman–Crippen MR) is 122 cm³/mol. The van der Waals surface area contributed by atoms with Crippen LogP contribution in [0.5, 0.6) is 5.75 Å². The molecule has 1 aliphatic carbocycles. The lowest BCUT2D eigenvalue weighted by Crippen LogP contribution is -2.46. The summed E-state index contributed by atoms with van der Waals surface area (Å²) < 4.78 is 7.46. The van der Waals surface area contributed by atoms with Crippen LogP contribution in [0.4, 0.5) is 0 Å². The van der Waals surface area contributed by atoms with Gasteiger partial charge in [0.15, 0.2) is 11.0 Å². The fourth-order valence-corrected chi connectivity index (χ4v) is 4.86. The number of methoxy groups -OCH3 is 1. The summed E-state index contributed by atoms with van der Waals surface area (Å²) in [4.78, 5) is 12.9. The van der Waals surface area contributed by atoms with E-state index >= 15 is 0 Å². The first-order chi connectivity index (χ1) is 14.5. The second kappa shape index (κ2) is 10.2. The molecule has 1 amide bonds. The van der Waals surface area contributed by atoms with Crippen LogP contribution in [0.2, 0.25) is 0 Å². The van der Waals surface area contributed by atoms with Crippen LogP contribution in [-0.4, -0.2) is 39.1 Å². The molecule has 4 atom stereocenters. The lowest BCUT2D eigenvalue weighted by molar-refractivity contribution is -0.121. The van der Waals surface area contributed by atoms with E-state index in [4.69, 9.17) is 4.74 Å². The smallest absolute Gasteiger partial charge is 0.233 e. The second-order valence-electron chi connectivity index (χ2n) is 8.05. The molecule has 162 valence electrons. The molecule has 7 heteroatoms. The topological polar surface area (TPSA) is 69.0 Å². The minimum Gasteiger partial charge on any atom is -0.496 e. The summed E-state index contributed by atoms with van der Waals surface area (Å²) in [6, 6.07) is 7.97. The van der Waals surface area contributed by atoms with Crippen LogP contribution < -0.4 is 10.1 Å². The van der Waals surface area contributed by atoms with Crippen molar-refractivity contribution in [2.24, 2.45) is 11.8 Å². The van der Waals surface area contributed by atoms with Crippen LogP contribution in [0.25, 0.3) is 11.4 Å². The molecular formula is C23H32N4O2S. The molecule has 0 bridgehead atoms. The maximum atomic E-state index is 12.9. The van der Waals surface area contributed by atoms with Gasteiger partial charge in [-0.05, 0) is 37.3 Å². The summed E-state index contributed by atoms with van der Waals surface area (Å²) in [5.74, 6) is 2.64. The van der Waals surface area contributed by atoms with Gasteiger partial charge in [0.25, 0.3) is 0 Å². The summed E-state index contributed by atoms with van der Waals surface area (Å²) in [5.41, 5.74) is 0.864. The summed E-state index contributed by atoms with van der Waals surface area (Å²) in [6.07, 6.45) is 5.28. The van der Waals surface area contributed by atoms with Crippen molar-refractivity contribution in [2.75, 3.05) is 7.11 Å². The predicted octanol–water partition coefficient (Wildman–Crippen LogP) is 4.56. The molecule has 1 aromatic heterocycles. The molecule has 0 spiro atoms. The molecule has 0 unspecified atom stereocenters. The largest absolute Gasteiger partial charge is 0.496 e. The molecule has 0 radical (unpaired) electrons. The Kier molecular flexibility index (Phi) is 7.58. The van der Waals surface area contributed by atoms with E-state index < -0.39 is 0 Å². The van der Waals surface area contributed by atoms with Gasteiger partial charge in [-0.2, -0.15) is 0 Å². The maximum Gasteiger partial charge on any atom is 0.233 e. The number of rotatable bonds is 8. The van der Waals surface area contributed by atoms with Crippen LogP contribution in [0.3, 0.4) is 0 Å². The van der Waals surface area contributed by atoms with Gasteiger partial charge in [0.1, 0.15) is 5.75 Å². The number of aromatic nitrogens is 3. The molecule has 2 aromatic rings. The normalized spacial score (nSPS) is 22.3. The van der Waals surface area contributed by atoms with Crippen molar-refractivity contribution >= 4 is 17.7 Å². The quantitative estimate of drug-likeness (QED) is 0.493. The lowest BCUT2D eigenvalue weighted by atomic mass is 9.78. The Balaban J connectivity index is 1.76. The summed E-state index contributed by atoms with van der Waals surface area (Å²) in [6.45, 7) is 10.9. The standard InChI is InChI=1S/C23H32N4O2S/c1-6-14-27-21(18-11-7-8-13-20(18)29-5)25-26-23(27)30-17(4)22(28)24-19-12-9-10-15(2)16(19)3/h6-8,11,13,15-17,19H,1,9-10,12,14H2,2-5H3,(H,24,28)/t15-,16+,17+,19-/m1/s1. The highest BCUT2D eigenvalue weighted by atomic mass is 32.2. The molecule has 6 nitrogen and oxygen atoms in total. The van der Waals surface area contributed by atoms with Gasteiger partial charge in [0, 0.05) is 12.6 Å². The van der Waals surface area contributed by atoms with Crippen molar-refractivity contribution in [1.29, 1.82) is 0 Å². The Morgan fingerprint density at radius 1 is 1.37 bits per heavy atom. The Hall–Kier alpha value is -2.28. The highest BCUT2D eigenvalue weighted by molar-refractivity contribution is 8.00. The van der Waals surface area contributed by atoms with E-state index in [0.717, 1.165) is 17.7 Å². The van der Waals surface area contributed by atoms with Gasteiger partial charge in [0.2, 0.25) is 5.91 Å². The molecular weight excluding hydrogens is 396 g/mol. The third-order valence-corrected chi connectivity index (χ3v) is 7.14. The molecule has 0 saturated heterocycles. The van der Waals surface area contributed by atoms with E-state index in [1.165, 1.54) is 24.6 Å². The van der Waals surface area contributed by atoms with E-state index in [-0.39, 0.29) is 17.2 Å². The Bertz CT molecular complexity index is 882. The highest BCUT2D eigenvalue weighted by Gasteiger charge is 2.30. The minimum atomic E-state index is -0.271. The molecule has 1 N–H and O–H groups in total. The molecule has 0 aliphatic heterocycles. The fraction of sp³-hybridized carbons (Fsp3) is 0.522. The van der Waals surface area contributed by atoms with E-state index in [1.54, 1.807) is 7.11 Å². The molecule has 1 aliphatic rings. The number of allylic oxidation sites excluding steroid dienone is 1. The van der Waals surface area contributed by atoms with Gasteiger partial charge >= 0.3 is 0 Å². The van der Waals surface area contributed by atoms with Crippen molar-refractivity contribution in [2.45, 2.75) is 63.0 Å². The first-order valence-electron chi connectivity index (χ1n) is 10.6. The van der Waals surface area contributed by atoms with Crippen molar-refractivity contribution in [3.8, 4) is 17.1 Å². The number of hydrogen-bond donors (Lipinski definition) is 1. The molecule has 1 saturated carbocycles. The zero-order valence-electron chi connectivity index (χ0n) is 18.3. The third-order valence-electron chi connectivity index (χ3n) is 6.06. The zero-order chi connectivity index (χ0) is 21.7. The molecule has 1 fully saturated rings. The molecule has 1 heterocycles. The number of carbonyl (C=O) groups excluding carboxylic acids is 1. The number of nitrogens with zero attached hydrogens (tertiary/aromatic N) is 3. The number of amides is 1. The van der Waals surface area contributed by atoms with Gasteiger partial charge < -0.3 is 10.1 Å². The Morgan fingerprint density at radius 2 is 2.13 bits per heavy atom. The molecule has 30 heavy (non-hydrogen) atoms. The average molecular weight is 429 g/mol. The average Bonchev–Trinajstić information content (AvgIpc) is 3.13. The van der Waals surface area contributed by atoms with Crippen molar-refractivity contribution < 1.29 is 9.53 Å². The van der Waals surface area contributed by atoms with E-state index in [2.05, 4.69) is 35.9 Å². The number of para-hydroxylation sites is 1. The summed E-state index contributed by atoms with van der Waals surface area (Å²) in [7, 11) is 1.64. The maximum absolute atomic E-state index is 12.9. The van der Waals surface area contributed by atoms with Crippen LogP contribution in [0.15, 0.2) is 42.1 Å². The van der Waals surface area contributed by atoms with Gasteiger partial charge in [0.05, 0.1) is 17.9 Å². The first-order valence-corrected chi connectivity index (χ1v) is 11.5. The lowest BCUT2D eigenvalue weighted by Gasteiger charge is -2.35. The summed E-state index contributed by atoms with van der Waals surface area (Å²) >= 11 is 1.43. The number of thioether (sulfide) groups is 1. The zero-order valence-corrected chi connectivity index (χ0v) is 19.1. The van der Waals surface area contributed by atoms with Crippen molar-refractivity contribution in [1.82, 2.24) is 20.1 Å². The van der Waals surface area contributed by atoms with E-state index in [1.807, 2.05) is 41.8 Å². The fourth-order valence-electron chi connectivity index (χ4n) is 4.00. The number of hydrogen-bond acceptors (Lipinski definition) is 5. The van der Waals surface area contributed by atoms with E-state index in [9.17, 15) is 4.79 Å². The minimum absolute atomic E-state index is 0.0537. The number of ether oxygens (including phenoxy) is 1. The molecule has 1 aromatic carbocycles. The number of benzene rings is 1.